The molecule has 0 aromatic heterocycles. The Balaban J connectivity index is 2.15. The summed E-state index contributed by atoms with van der Waals surface area (Å²) < 4.78 is 39.6. The van der Waals surface area contributed by atoms with Gasteiger partial charge in [0.15, 0.2) is 0 Å². The summed E-state index contributed by atoms with van der Waals surface area (Å²) in [4.78, 5) is 14.5. The van der Waals surface area contributed by atoms with Crippen LogP contribution in [0.25, 0.3) is 0 Å². The van der Waals surface area contributed by atoms with Crippen LogP contribution < -0.4 is 0 Å². The lowest BCUT2D eigenvalue weighted by Gasteiger charge is -2.38. The zero-order chi connectivity index (χ0) is 15.5. The van der Waals surface area contributed by atoms with Crippen molar-refractivity contribution in [3.8, 4) is 0 Å². The Hall–Kier alpha value is -0.260. The number of amides is 1. The summed E-state index contributed by atoms with van der Waals surface area (Å²) in [5, 5.41) is 0.655. The fourth-order valence-corrected chi connectivity index (χ4v) is 4.33. The van der Waals surface area contributed by atoms with Crippen molar-refractivity contribution in [2.75, 3.05) is 11.9 Å². The topological polar surface area (TPSA) is 20.3 Å². The Morgan fingerprint density at radius 1 is 1.05 bits per heavy atom. The van der Waals surface area contributed by atoms with E-state index >= 15 is 0 Å². The molecule has 2 nitrogen and oxygen atoms in total. The van der Waals surface area contributed by atoms with Gasteiger partial charge in [-0.3, -0.25) is 4.79 Å². The molecular weight excluding hydrogens is 347 g/mol. The highest BCUT2D eigenvalue weighted by molar-refractivity contribution is 9.09. The van der Waals surface area contributed by atoms with Gasteiger partial charge < -0.3 is 4.90 Å². The SMILES string of the molecule is O=C(C1CCCCC1C(F)(F)F)N1CCCCCC1CBr. The second-order valence-electron chi connectivity index (χ2n) is 6.23. The highest BCUT2D eigenvalue weighted by Gasteiger charge is 2.49. The highest BCUT2D eigenvalue weighted by Crippen LogP contribution is 2.42. The Morgan fingerprint density at radius 3 is 2.38 bits per heavy atom. The molecule has 0 aromatic carbocycles. The lowest BCUT2D eigenvalue weighted by Crippen LogP contribution is -2.49. The number of halogens is 4. The number of alkyl halides is 4. The molecule has 2 aliphatic rings. The van der Waals surface area contributed by atoms with Gasteiger partial charge in [0.25, 0.3) is 0 Å². The maximum Gasteiger partial charge on any atom is 0.392 e. The molecule has 0 aromatic rings. The third-order valence-electron chi connectivity index (χ3n) is 4.84. The summed E-state index contributed by atoms with van der Waals surface area (Å²) in [5.74, 6) is -2.57. The van der Waals surface area contributed by atoms with Crippen LogP contribution in [0.1, 0.15) is 51.4 Å². The average molecular weight is 370 g/mol. The molecule has 21 heavy (non-hydrogen) atoms. The summed E-state index contributed by atoms with van der Waals surface area (Å²) in [5.41, 5.74) is 0. The molecule has 2 rings (SSSR count). The first-order valence-corrected chi connectivity index (χ1v) is 9.00. The summed E-state index contributed by atoms with van der Waals surface area (Å²) in [7, 11) is 0. The van der Waals surface area contributed by atoms with E-state index in [2.05, 4.69) is 15.9 Å². The molecule has 0 spiro atoms. The number of hydrogen-bond donors (Lipinski definition) is 0. The van der Waals surface area contributed by atoms with Crippen molar-refractivity contribution >= 4 is 21.8 Å². The maximum absolute atomic E-state index is 13.2. The van der Waals surface area contributed by atoms with E-state index < -0.39 is 18.0 Å². The van der Waals surface area contributed by atoms with Gasteiger partial charge in [0.05, 0.1) is 5.92 Å². The summed E-state index contributed by atoms with van der Waals surface area (Å²) >= 11 is 3.42. The lowest BCUT2D eigenvalue weighted by atomic mass is 9.77. The summed E-state index contributed by atoms with van der Waals surface area (Å²) in [6.45, 7) is 0.607. The van der Waals surface area contributed by atoms with E-state index in [-0.39, 0.29) is 18.4 Å². The summed E-state index contributed by atoms with van der Waals surface area (Å²) in [6.07, 6.45) is 1.44. The van der Waals surface area contributed by atoms with Gasteiger partial charge in [0.2, 0.25) is 5.91 Å². The Bertz CT molecular complexity index is 361. The largest absolute Gasteiger partial charge is 0.392 e. The van der Waals surface area contributed by atoms with Crippen molar-refractivity contribution in [2.45, 2.75) is 63.6 Å². The van der Waals surface area contributed by atoms with Crippen molar-refractivity contribution in [1.82, 2.24) is 4.90 Å². The predicted molar refractivity (Wildman–Crippen MR) is 79.3 cm³/mol. The van der Waals surface area contributed by atoms with Crippen LogP contribution in [0.3, 0.4) is 0 Å². The smallest absolute Gasteiger partial charge is 0.339 e. The van der Waals surface area contributed by atoms with Crippen LogP contribution in [0.4, 0.5) is 13.2 Å². The van der Waals surface area contributed by atoms with Crippen molar-refractivity contribution in [1.29, 1.82) is 0 Å². The molecule has 3 unspecified atom stereocenters. The zero-order valence-corrected chi connectivity index (χ0v) is 13.8. The van der Waals surface area contributed by atoms with Gasteiger partial charge in [0.1, 0.15) is 0 Å². The third kappa shape index (κ3) is 4.14. The Kier molecular flexibility index (Phi) is 5.97. The lowest BCUT2D eigenvalue weighted by molar-refractivity contribution is -0.201. The number of likely N-dealkylation sites (tertiary alicyclic amines) is 1. The minimum absolute atomic E-state index is 0.0517. The number of hydrogen-bond acceptors (Lipinski definition) is 1. The fourth-order valence-electron chi connectivity index (χ4n) is 3.66. The van der Waals surface area contributed by atoms with Crippen LogP contribution in [0.5, 0.6) is 0 Å². The Labute approximate surface area is 132 Å². The second kappa shape index (κ2) is 7.34. The van der Waals surface area contributed by atoms with E-state index in [1.807, 2.05) is 0 Å². The quantitative estimate of drug-likeness (QED) is 0.655. The molecule has 1 saturated heterocycles. The van der Waals surface area contributed by atoms with Crippen LogP contribution in [-0.2, 0) is 4.79 Å². The normalized spacial score (nSPS) is 31.8. The molecule has 1 heterocycles. The van der Waals surface area contributed by atoms with E-state index in [1.54, 1.807) is 4.90 Å². The Morgan fingerprint density at radius 2 is 1.71 bits per heavy atom. The highest BCUT2D eigenvalue weighted by atomic mass is 79.9. The minimum Gasteiger partial charge on any atom is -0.339 e. The van der Waals surface area contributed by atoms with Gasteiger partial charge in [-0.15, -0.1) is 0 Å². The molecule has 3 atom stereocenters. The van der Waals surface area contributed by atoms with Gasteiger partial charge in [-0.1, -0.05) is 41.6 Å². The molecule has 1 aliphatic heterocycles. The first-order chi connectivity index (χ1) is 9.95. The van der Waals surface area contributed by atoms with E-state index in [9.17, 15) is 18.0 Å². The van der Waals surface area contributed by atoms with Crippen LogP contribution in [0.2, 0.25) is 0 Å². The zero-order valence-electron chi connectivity index (χ0n) is 12.2. The number of carbonyl (C=O) groups excluding carboxylic acids is 1. The van der Waals surface area contributed by atoms with Crippen molar-refractivity contribution in [3.05, 3.63) is 0 Å². The first-order valence-electron chi connectivity index (χ1n) is 7.88. The molecule has 0 radical (unpaired) electrons. The maximum atomic E-state index is 13.2. The van der Waals surface area contributed by atoms with Crippen LogP contribution in [0, 0.1) is 11.8 Å². The van der Waals surface area contributed by atoms with E-state index in [0.717, 1.165) is 32.1 Å². The van der Waals surface area contributed by atoms with Gasteiger partial charge in [-0.2, -0.15) is 13.2 Å². The third-order valence-corrected chi connectivity index (χ3v) is 5.59. The van der Waals surface area contributed by atoms with Crippen molar-refractivity contribution in [2.24, 2.45) is 11.8 Å². The molecule has 1 saturated carbocycles. The van der Waals surface area contributed by atoms with Crippen molar-refractivity contribution in [3.63, 3.8) is 0 Å². The monoisotopic (exact) mass is 369 g/mol. The van der Waals surface area contributed by atoms with Gasteiger partial charge in [-0.25, -0.2) is 0 Å². The molecule has 2 fully saturated rings. The van der Waals surface area contributed by atoms with Crippen molar-refractivity contribution < 1.29 is 18.0 Å². The second-order valence-corrected chi connectivity index (χ2v) is 6.88. The minimum atomic E-state index is -4.25. The molecule has 122 valence electrons. The van der Waals surface area contributed by atoms with Crippen LogP contribution >= 0.6 is 15.9 Å². The van der Waals surface area contributed by atoms with Gasteiger partial charge in [0, 0.05) is 23.8 Å². The summed E-state index contributed by atoms with van der Waals surface area (Å²) in [6, 6.07) is 0.0517. The first kappa shape index (κ1) is 17.1. The van der Waals surface area contributed by atoms with E-state index in [4.69, 9.17) is 0 Å². The van der Waals surface area contributed by atoms with Gasteiger partial charge >= 0.3 is 6.18 Å². The molecule has 0 N–H and O–H groups in total. The van der Waals surface area contributed by atoms with Crippen LogP contribution in [-0.4, -0.2) is 34.9 Å². The molecule has 6 heteroatoms. The number of carbonyl (C=O) groups is 1. The number of rotatable bonds is 2. The fraction of sp³-hybridized carbons (Fsp3) is 0.933. The van der Waals surface area contributed by atoms with Crippen LogP contribution in [0.15, 0.2) is 0 Å². The standard InChI is InChI=1S/C15H23BrF3NO/c16-10-11-6-2-1-5-9-20(11)14(21)12-7-3-4-8-13(12)15(17,18)19/h11-13H,1-10H2. The van der Waals surface area contributed by atoms with Gasteiger partial charge in [-0.05, 0) is 25.7 Å². The predicted octanol–water partition coefficient (Wildman–Crippen LogP) is 4.52. The molecule has 1 amide bonds. The average Bonchev–Trinajstić information content (AvgIpc) is 2.70. The number of nitrogens with zero attached hydrogens (tertiary/aromatic N) is 1. The van der Waals surface area contributed by atoms with E-state index in [0.29, 0.717) is 24.7 Å². The van der Waals surface area contributed by atoms with E-state index in [1.165, 1.54) is 0 Å². The molecular formula is C15H23BrF3NO. The molecule has 1 aliphatic carbocycles. The molecule has 0 bridgehead atoms.